The quantitative estimate of drug-likeness (QED) is 0.626. The van der Waals surface area contributed by atoms with E-state index in [1.807, 2.05) is 25.3 Å². The van der Waals surface area contributed by atoms with Gasteiger partial charge in [-0.25, -0.2) is 4.98 Å². The van der Waals surface area contributed by atoms with Crippen molar-refractivity contribution in [2.75, 3.05) is 38.1 Å². The number of fused-ring (bicyclic) bond motifs is 1. The van der Waals surface area contributed by atoms with Crippen LogP contribution in [-0.2, 0) is 12.0 Å². The molecule has 8 heteroatoms. The van der Waals surface area contributed by atoms with Crippen LogP contribution < -0.4 is 15.8 Å². The molecular weight excluding hydrogens is 416 g/mol. The molecule has 1 aliphatic carbocycles. The van der Waals surface area contributed by atoms with Gasteiger partial charge in [0.2, 0.25) is 0 Å². The standard InChI is InChI=1S/C25H28N6O2/c1-3-16-8-20-21(29-22(16)32)9-17(10-27-20)25(6-7-25)31-14-24(15-31)12-30(13-24)18-4-5-19(28-11-18)23(33)26-2/h4-5,8-11H,3,6-7,12-15H2,1-2H3,(H,26,33)(H,29,32). The fraction of sp³-hybridized carbons (Fsp3) is 0.440. The van der Waals surface area contributed by atoms with Crippen molar-refractivity contribution < 1.29 is 4.79 Å². The van der Waals surface area contributed by atoms with Crippen LogP contribution in [0.3, 0.4) is 0 Å². The average molecular weight is 445 g/mol. The molecule has 2 N–H and O–H groups in total. The van der Waals surface area contributed by atoms with Gasteiger partial charge < -0.3 is 15.2 Å². The van der Waals surface area contributed by atoms with E-state index in [1.165, 1.54) is 5.56 Å². The van der Waals surface area contributed by atoms with E-state index in [4.69, 9.17) is 0 Å². The van der Waals surface area contributed by atoms with Crippen LogP contribution in [0.25, 0.3) is 11.0 Å². The van der Waals surface area contributed by atoms with E-state index in [1.54, 1.807) is 19.3 Å². The molecule has 5 heterocycles. The molecule has 170 valence electrons. The first kappa shape index (κ1) is 20.4. The van der Waals surface area contributed by atoms with Crippen molar-refractivity contribution >= 4 is 22.6 Å². The van der Waals surface area contributed by atoms with Gasteiger partial charge in [-0.3, -0.25) is 19.5 Å². The summed E-state index contributed by atoms with van der Waals surface area (Å²) in [5.41, 5.74) is 5.60. The minimum atomic E-state index is -0.163. The highest BCUT2D eigenvalue weighted by Gasteiger charge is 2.61. The molecule has 2 aliphatic heterocycles. The lowest BCUT2D eigenvalue weighted by atomic mass is 9.71. The Labute approximate surface area is 192 Å². The van der Waals surface area contributed by atoms with Crippen LogP contribution in [-0.4, -0.2) is 59.0 Å². The molecule has 8 nitrogen and oxygen atoms in total. The van der Waals surface area contributed by atoms with E-state index in [2.05, 4.69) is 36.1 Å². The molecule has 3 aromatic heterocycles. The lowest BCUT2D eigenvalue weighted by Gasteiger charge is -2.63. The smallest absolute Gasteiger partial charge is 0.269 e. The third-order valence-corrected chi connectivity index (χ3v) is 7.69. The highest BCUT2D eigenvalue weighted by atomic mass is 16.1. The molecule has 2 saturated heterocycles. The summed E-state index contributed by atoms with van der Waals surface area (Å²) in [5, 5.41) is 2.60. The van der Waals surface area contributed by atoms with Gasteiger partial charge in [-0.05, 0) is 49.1 Å². The Balaban J connectivity index is 1.13. The summed E-state index contributed by atoms with van der Waals surface area (Å²) >= 11 is 0. The third kappa shape index (κ3) is 3.15. The van der Waals surface area contributed by atoms with Crippen molar-refractivity contribution in [2.45, 2.75) is 31.7 Å². The zero-order chi connectivity index (χ0) is 22.8. The van der Waals surface area contributed by atoms with Crippen molar-refractivity contribution in [1.29, 1.82) is 0 Å². The maximum absolute atomic E-state index is 12.3. The number of hydrogen-bond donors (Lipinski definition) is 2. The molecule has 0 atom stereocenters. The summed E-state index contributed by atoms with van der Waals surface area (Å²) in [6.07, 6.45) is 6.79. The first-order valence-electron chi connectivity index (χ1n) is 11.7. The van der Waals surface area contributed by atoms with Crippen LogP contribution in [0.5, 0.6) is 0 Å². The van der Waals surface area contributed by atoms with Gasteiger partial charge in [0.25, 0.3) is 11.5 Å². The fourth-order valence-electron chi connectivity index (χ4n) is 5.59. The van der Waals surface area contributed by atoms with Gasteiger partial charge >= 0.3 is 0 Å². The number of nitrogens with one attached hydrogen (secondary N) is 2. The summed E-state index contributed by atoms with van der Waals surface area (Å²) < 4.78 is 0. The van der Waals surface area contributed by atoms with E-state index in [0.29, 0.717) is 17.5 Å². The van der Waals surface area contributed by atoms with Crippen molar-refractivity contribution in [3.8, 4) is 0 Å². The monoisotopic (exact) mass is 444 g/mol. The Morgan fingerprint density at radius 2 is 1.91 bits per heavy atom. The Morgan fingerprint density at radius 3 is 2.55 bits per heavy atom. The number of aryl methyl sites for hydroxylation is 1. The highest BCUT2D eigenvalue weighted by Crippen LogP contribution is 2.57. The second-order valence-electron chi connectivity index (χ2n) is 9.86. The average Bonchev–Trinajstić information content (AvgIpc) is 3.58. The van der Waals surface area contributed by atoms with Crippen LogP contribution in [0.15, 0.2) is 41.5 Å². The minimum absolute atomic E-state index is 0.0101. The van der Waals surface area contributed by atoms with Crippen LogP contribution in [0.4, 0.5) is 5.69 Å². The Morgan fingerprint density at radius 1 is 1.12 bits per heavy atom. The van der Waals surface area contributed by atoms with Gasteiger partial charge in [0, 0.05) is 55.9 Å². The van der Waals surface area contributed by atoms with Crippen LogP contribution >= 0.6 is 0 Å². The van der Waals surface area contributed by atoms with Gasteiger partial charge in [0.15, 0.2) is 0 Å². The van der Waals surface area contributed by atoms with E-state index in [0.717, 1.165) is 61.3 Å². The van der Waals surface area contributed by atoms with Crippen molar-refractivity contribution in [1.82, 2.24) is 25.2 Å². The number of aromatic nitrogens is 3. The van der Waals surface area contributed by atoms with E-state index < -0.39 is 0 Å². The number of anilines is 1. The predicted octanol–water partition coefficient (Wildman–Crippen LogP) is 2.05. The number of aromatic amines is 1. The summed E-state index contributed by atoms with van der Waals surface area (Å²) in [6, 6.07) is 7.81. The fourth-order valence-corrected chi connectivity index (χ4v) is 5.59. The Bertz CT molecular complexity index is 1300. The highest BCUT2D eigenvalue weighted by molar-refractivity contribution is 5.92. The molecule has 0 aromatic carbocycles. The SMILES string of the molecule is CCc1cc2ncc(C3(N4CC5(CN(c6ccc(C(=O)NC)nc6)C5)C4)CC3)cc2[nH]c1=O. The zero-order valence-corrected chi connectivity index (χ0v) is 19.0. The number of amides is 1. The van der Waals surface area contributed by atoms with Crippen LogP contribution in [0.1, 0.15) is 41.4 Å². The maximum Gasteiger partial charge on any atom is 0.269 e. The molecule has 3 fully saturated rings. The number of nitrogens with zero attached hydrogens (tertiary/aromatic N) is 4. The molecule has 1 saturated carbocycles. The second-order valence-corrected chi connectivity index (χ2v) is 9.86. The van der Waals surface area contributed by atoms with Gasteiger partial charge in [-0.15, -0.1) is 0 Å². The largest absolute Gasteiger partial charge is 0.369 e. The summed E-state index contributed by atoms with van der Waals surface area (Å²) in [6.45, 7) is 6.18. The van der Waals surface area contributed by atoms with Gasteiger partial charge in [0.1, 0.15) is 5.69 Å². The number of likely N-dealkylation sites (tertiary alicyclic amines) is 1. The number of hydrogen-bond acceptors (Lipinski definition) is 6. The number of pyridine rings is 3. The molecular formula is C25H28N6O2. The second kappa shape index (κ2) is 7.12. The first-order chi connectivity index (χ1) is 15.9. The summed E-state index contributed by atoms with van der Waals surface area (Å²) in [4.78, 5) is 40.9. The Hall–Kier alpha value is -3.26. The first-order valence-corrected chi connectivity index (χ1v) is 11.7. The molecule has 6 rings (SSSR count). The van der Waals surface area contributed by atoms with Gasteiger partial charge in [-0.2, -0.15) is 0 Å². The number of H-pyrrole nitrogens is 1. The number of rotatable bonds is 5. The van der Waals surface area contributed by atoms with Crippen LogP contribution in [0, 0.1) is 5.41 Å². The van der Waals surface area contributed by atoms with Crippen molar-refractivity contribution in [2.24, 2.45) is 5.41 Å². The number of carbonyl (C=O) groups is 1. The van der Waals surface area contributed by atoms with Gasteiger partial charge in [0.05, 0.1) is 22.9 Å². The topological polar surface area (TPSA) is 94.2 Å². The molecule has 3 aliphatic rings. The molecule has 33 heavy (non-hydrogen) atoms. The van der Waals surface area contributed by atoms with Gasteiger partial charge in [-0.1, -0.05) is 6.92 Å². The summed E-state index contributed by atoms with van der Waals surface area (Å²) in [7, 11) is 1.61. The van der Waals surface area contributed by atoms with E-state index in [9.17, 15) is 9.59 Å². The number of carbonyl (C=O) groups excluding carboxylic acids is 1. The van der Waals surface area contributed by atoms with E-state index >= 15 is 0 Å². The molecule has 1 amide bonds. The zero-order valence-electron chi connectivity index (χ0n) is 19.0. The van der Waals surface area contributed by atoms with Crippen molar-refractivity contribution in [3.05, 3.63) is 63.8 Å². The lowest BCUT2D eigenvalue weighted by molar-refractivity contribution is -0.0611. The van der Waals surface area contributed by atoms with Crippen molar-refractivity contribution in [3.63, 3.8) is 0 Å². The predicted molar refractivity (Wildman–Crippen MR) is 126 cm³/mol. The third-order valence-electron chi connectivity index (χ3n) is 7.69. The molecule has 1 spiro atoms. The normalized spacial score (nSPS) is 20.4. The van der Waals surface area contributed by atoms with E-state index in [-0.39, 0.29) is 17.0 Å². The Kier molecular flexibility index (Phi) is 4.39. The summed E-state index contributed by atoms with van der Waals surface area (Å²) in [5.74, 6) is -0.163. The molecule has 0 radical (unpaired) electrons. The lowest BCUT2D eigenvalue weighted by Crippen LogP contribution is -2.73. The molecule has 0 bridgehead atoms. The van der Waals surface area contributed by atoms with Crippen LogP contribution in [0.2, 0.25) is 0 Å². The molecule has 0 unspecified atom stereocenters. The molecule has 3 aromatic rings. The maximum atomic E-state index is 12.3. The minimum Gasteiger partial charge on any atom is -0.369 e.